The van der Waals surface area contributed by atoms with E-state index in [1.165, 1.54) is 4.31 Å². The molecule has 0 radical (unpaired) electrons. The van der Waals surface area contributed by atoms with Crippen LogP contribution in [0, 0.1) is 11.8 Å². The quantitative estimate of drug-likeness (QED) is 0.420. The van der Waals surface area contributed by atoms with Crippen molar-refractivity contribution in [3.05, 3.63) is 54.2 Å². The summed E-state index contributed by atoms with van der Waals surface area (Å²) in [6.07, 6.45) is 4.60. The Morgan fingerprint density at radius 1 is 1.21 bits per heavy atom. The molecule has 1 saturated heterocycles. The van der Waals surface area contributed by atoms with Crippen molar-refractivity contribution >= 4 is 38.2 Å². The number of nitrogens with zero attached hydrogens (tertiary/aromatic N) is 3. The number of aromatic nitrogens is 2. The predicted molar refractivity (Wildman–Crippen MR) is 135 cm³/mol. The van der Waals surface area contributed by atoms with Crippen molar-refractivity contribution < 1.29 is 18.3 Å². The fraction of sp³-hybridized carbons (Fsp3) is 0.480. The number of halogens is 1. The molecule has 3 aromatic rings. The first-order valence-electron chi connectivity index (χ1n) is 11.8. The van der Waals surface area contributed by atoms with Gasteiger partial charge in [0.15, 0.2) is 0 Å². The summed E-state index contributed by atoms with van der Waals surface area (Å²) in [6.45, 7) is 4.30. The molecule has 1 aromatic heterocycles. The number of sulfonamides is 1. The Bertz CT molecular complexity index is 1190. The number of hydrogen-bond acceptors (Lipinski definition) is 5. The first-order chi connectivity index (χ1) is 16.5. The van der Waals surface area contributed by atoms with Gasteiger partial charge >= 0.3 is 0 Å². The Morgan fingerprint density at radius 3 is 2.59 bits per heavy atom. The summed E-state index contributed by atoms with van der Waals surface area (Å²) in [7, 11) is -3.89. The van der Waals surface area contributed by atoms with Crippen LogP contribution in [-0.4, -0.2) is 55.6 Å². The third-order valence-electron chi connectivity index (χ3n) is 6.51. The lowest BCUT2D eigenvalue weighted by molar-refractivity contribution is 0.0605. The van der Waals surface area contributed by atoms with Crippen molar-refractivity contribution in [2.24, 2.45) is 11.8 Å². The van der Waals surface area contributed by atoms with Crippen LogP contribution in [0.3, 0.4) is 0 Å². The SMILES string of the molecule is CCc1ccc(N(CC(CO)CCl)S(=O)(=O)c2ccc3c(cnn3CC3CCOCC3)c2)cc1. The summed E-state index contributed by atoms with van der Waals surface area (Å²) in [5, 5.41) is 15.0. The van der Waals surface area contributed by atoms with Gasteiger partial charge in [-0.05, 0) is 61.1 Å². The molecule has 4 rings (SSSR count). The molecule has 1 aliphatic heterocycles. The molecular weight excluding hydrogens is 474 g/mol. The Labute approximate surface area is 206 Å². The monoisotopic (exact) mass is 505 g/mol. The van der Waals surface area contributed by atoms with Crippen LogP contribution >= 0.6 is 11.6 Å². The lowest BCUT2D eigenvalue weighted by Gasteiger charge is -2.27. The summed E-state index contributed by atoms with van der Waals surface area (Å²) >= 11 is 6.00. The van der Waals surface area contributed by atoms with Crippen LogP contribution < -0.4 is 4.31 Å². The Balaban J connectivity index is 1.66. The van der Waals surface area contributed by atoms with Crippen molar-refractivity contribution in [1.82, 2.24) is 9.78 Å². The van der Waals surface area contributed by atoms with E-state index in [9.17, 15) is 13.5 Å². The molecule has 2 heterocycles. The second kappa shape index (κ2) is 11.1. The van der Waals surface area contributed by atoms with Gasteiger partial charge < -0.3 is 9.84 Å². The summed E-state index contributed by atoms with van der Waals surface area (Å²) in [4.78, 5) is 0.191. The van der Waals surface area contributed by atoms with E-state index in [-0.39, 0.29) is 29.8 Å². The van der Waals surface area contributed by atoms with Gasteiger partial charge in [0.25, 0.3) is 10.0 Å². The number of rotatable bonds is 10. The fourth-order valence-electron chi connectivity index (χ4n) is 4.30. The van der Waals surface area contributed by atoms with E-state index in [0.29, 0.717) is 11.6 Å². The molecule has 1 aliphatic rings. The normalized spacial score (nSPS) is 16.1. The van der Waals surface area contributed by atoms with Gasteiger partial charge in [-0.2, -0.15) is 5.10 Å². The number of hydrogen-bond donors (Lipinski definition) is 1. The second-order valence-corrected chi connectivity index (χ2v) is 11.0. The molecule has 2 aromatic carbocycles. The van der Waals surface area contributed by atoms with Gasteiger partial charge in [0.05, 0.1) is 22.3 Å². The van der Waals surface area contributed by atoms with Crippen LogP contribution in [-0.2, 0) is 27.7 Å². The van der Waals surface area contributed by atoms with Gasteiger partial charge in [0.1, 0.15) is 0 Å². The predicted octanol–water partition coefficient (Wildman–Crippen LogP) is 4.07. The Morgan fingerprint density at radius 2 is 1.94 bits per heavy atom. The summed E-state index contributed by atoms with van der Waals surface area (Å²) in [5.41, 5.74) is 2.59. The number of ether oxygens (including phenoxy) is 1. The first kappa shape index (κ1) is 25.0. The molecule has 0 saturated carbocycles. The van der Waals surface area contributed by atoms with E-state index in [0.717, 1.165) is 55.5 Å². The number of anilines is 1. The fourth-order valence-corrected chi connectivity index (χ4v) is 6.07. The van der Waals surface area contributed by atoms with Gasteiger partial charge in [-0.3, -0.25) is 8.99 Å². The molecule has 0 spiro atoms. The van der Waals surface area contributed by atoms with E-state index in [4.69, 9.17) is 16.3 Å². The molecule has 9 heteroatoms. The molecule has 184 valence electrons. The van der Waals surface area contributed by atoms with E-state index in [2.05, 4.69) is 12.0 Å². The van der Waals surface area contributed by atoms with E-state index in [1.807, 2.05) is 35.0 Å². The van der Waals surface area contributed by atoms with Gasteiger partial charge in [0, 0.05) is 50.1 Å². The zero-order valence-electron chi connectivity index (χ0n) is 19.4. The number of fused-ring (bicyclic) bond motifs is 1. The average molecular weight is 506 g/mol. The van der Waals surface area contributed by atoms with Crippen LogP contribution in [0.2, 0.25) is 0 Å². The molecule has 0 amide bonds. The summed E-state index contributed by atoms with van der Waals surface area (Å²) in [6, 6.07) is 12.6. The van der Waals surface area contributed by atoms with Crippen LogP contribution in [0.15, 0.2) is 53.6 Å². The zero-order valence-corrected chi connectivity index (χ0v) is 21.0. The third kappa shape index (κ3) is 5.40. The number of aryl methyl sites for hydroxylation is 1. The van der Waals surface area contributed by atoms with E-state index in [1.54, 1.807) is 18.3 Å². The highest BCUT2D eigenvalue weighted by molar-refractivity contribution is 7.92. The molecule has 1 N–H and O–H groups in total. The number of aliphatic hydroxyl groups excluding tert-OH is 1. The van der Waals surface area contributed by atoms with Crippen molar-refractivity contribution in [2.75, 3.05) is 36.6 Å². The maximum Gasteiger partial charge on any atom is 0.264 e. The van der Waals surface area contributed by atoms with Gasteiger partial charge in [0.2, 0.25) is 0 Å². The Kier molecular flexibility index (Phi) is 8.14. The standard InChI is InChI=1S/C25H32ClN3O4S/c1-2-19-3-5-23(6-4-19)29(17-21(14-26)18-30)34(31,32)24-7-8-25-22(13-24)15-27-28(25)16-20-9-11-33-12-10-20/h3-8,13,15,20-21,30H,2,9-12,14,16-18H2,1H3. The minimum Gasteiger partial charge on any atom is -0.396 e. The Hall–Kier alpha value is -2.13. The number of aliphatic hydroxyl groups is 1. The maximum absolute atomic E-state index is 13.8. The smallest absolute Gasteiger partial charge is 0.264 e. The van der Waals surface area contributed by atoms with Gasteiger partial charge in [-0.25, -0.2) is 8.42 Å². The second-order valence-electron chi connectivity index (χ2n) is 8.86. The van der Waals surface area contributed by atoms with Crippen molar-refractivity contribution in [3.8, 4) is 0 Å². The number of benzene rings is 2. The van der Waals surface area contributed by atoms with Crippen LogP contribution in [0.5, 0.6) is 0 Å². The molecule has 0 bridgehead atoms. The summed E-state index contributed by atoms with van der Waals surface area (Å²) < 4.78 is 36.3. The minimum absolute atomic E-state index is 0.0921. The lowest BCUT2D eigenvalue weighted by atomic mass is 10.0. The van der Waals surface area contributed by atoms with Crippen LogP contribution in [0.25, 0.3) is 10.9 Å². The highest BCUT2D eigenvalue weighted by atomic mass is 35.5. The molecule has 0 aliphatic carbocycles. The van der Waals surface area contributed by atoms with Crippen LogP contribution in [0.4, 0.5) is 5.69 Å². The average Bonchev–Trinajstić information content (AvgIpc) is 3.27. The molecule has 7 nitrogen and oxygen atoms in total. The highest BCUT2D eigenvalue weighted by Gasteiger charge is 2.28. The molecule has 1 fully saturated rings. The molecular formula is C25H32ClN3O4S. The maximum atomic E-state index is 13.8. The van der Waals surface area contributed by atoms with E-state index < -0.39 is 10.0 Å². The molecule has 1 atom stereocenters. The topological polar surface area (TPSA) is 84.7 Å². The van der Waals surface area contributed by atoms with Gasteiger partial charge in [-0.15, -0.1) is 11.6 Å². The summed E-state index contributed by atoms with van der Waals surface area (Å²) in [5.74, 6) is 0.286. The highest BCUT2D eigenvalue weighted by Crippen LogP contribution is 2.29. The third-order valence-corrected chi connectivity index (χ3v) is 8.73. The van der Waals surface area contributed by atoms with Gasteiger partial charge in [-0.1, -0.05) is 19.1 Å². The lowest BCUT2D eigenvalue weighted by Crippen LogP contribution is -2.37. The molecule has 1 unspecified atom stereocenters. The number of alkyl halides is 1. The largest absolute Gasteiger partial charge is 0.396 e. The van der Waals surface area contributed by atoms with E-state index >= 15 is 0 Å². The zero-order chi connectivity index (χ0) is 24.1. The van der Waals surface area contributed by atoms with Crippen molar-refractivity contribution in [1.29, 1.82) is 0 Å². The van der Waals surface area contributed by atoms with Crippen molar-refractivity contribution in [3.63, 3.8) is 0 Å². The molecule has 34 heavy (non-hydrogen) atoms. The van der Waals surface area contributed by atoms with Crippen molar-refractivity contribution in [2.45, 2.75) is 37.6 Å². The van der Waals surface area contributed by atoms with Crippen LogP contribution in [0.1, 0.15) is 25.3 Å². The first-order valence-corrected chi connectivity index (χ1v) is 13.8. The minimum atomic E-state index is -3.89.